The van der Waals surface area contributed by atoms with Gasteiger partial charge >= 0.3 is 0 Å². The fourth-order valence-corrected chi connectivity index (χ4v) is 6.05. The number of amides is 1. The molecular formula is C30H32FN7OS. The zero-order chi connectivity index (χ0) is 28.4. The van der Waals surface area contributed by atoms with Gasteiger partial charge in [0.25, 0.3) is 0 Å². The third-order valence-electron chi connectivity index (χ3n) is 7.39. The van der Waals surface area contributed by atoms with E-state index in [9.17, 15) is 10.1 Å². The minimum atomic E-state index is -0.331. The molecule has 2 fully saturated rings. The van der Waals surface area contributed by atoms with Crippen molar-refractivity contribution in [2.45, 2.75) is 38.5 Å². The Labute approximate surface area is 237 Å². The van der Waals surface area contributed by atoms with Crippen molar-refractivity contribution in [3.05, 3.63) is 60.3 Å². The average Bonchev–Trinajstić information content (AvgIpc) is 3.32. The van der Waals surface area contributed by atoms with Gasteiger partial charge in [0, 0.05) is 49.9 Å². The van der Waals surface area contributed by atoms with Crippen LogP contribution < -0.4 is 4.90 Å². The highest BCUT2D eigenvalue weighted by Crippen LogP contribution is 2.40. The van der Waals surface area contributed by atoms with E-state index in [-0.39, 0.29) is 23.0 Å². The van der Waals surface area contributed by atoms with Gasteiger partial charge in [0.2, 0.25) is 5.91 Å². The maximum Gasteiger partial charge on any atom is 0.236 e. The van der Waals surface area contributed by atoms with Crippen LogP contribution >= 0.6 is 11.8 Å². The SMILES string of the molecule is CC.CC1CN(c2ncnc3c(-c4cc(C#N)n(C)n4)ccc(-c4ccccc4F)c23)CCN1C(=O)C1CCS1. The Balaban J connectivity index is 0.00000158. The molecule has 4 heterocycles. The number of nitrogens with zero attached hydrogens (tertiary/aromatic N) is 7. The Hall–Kier alpha value is -3.97. The van der Waals surface area contributed by atoms with Gasteiger partial charge in [-0.2, -0.15) is 10.4 Å². The lowest BCUT2D eigenvalue weighted by Crippen LogP contribution is -2.57. The summed E-state index contributed by atoms with van der Waals surface area (Å²) >= 11 is 1.72. The van der Waals surface area contributed by atoms with Crippen molar-refractivity contribution in [1.29, 1.82) is 5.26 Å². The lowest BCUT2D eigenvalue weighted by molar-refractivity contribution is -0.133. The largest absolute Gasteiger partial charge is 0.352 e. The van der Waals surface area contributed by atoms with Crippen LogP contribution in [0.2, 0.25) is 0 Å². The highest BCUT2D eigenvalue weighted by Gasteiger charge is 2.36. The summed E-state index contributed by atoms with van der Waals surface area (Å²) in [6.45, 7) is 7.89. The van der Waals surface area contributed by atoms with Gasteiger partial charge in [0.05, 0.1) is 21.8 Å². The molecule has 2 atom stereocenters. The topological polar surface area (TPSA) is 90.9 Å². The average molecular weight is 558 g/mol. The molecule has 4 aromatic rings. The van der Waals surface area contributed by atoms with Crippen molar-refractivity contribution < 1.29 is 9.18 Å². The van der Waals surface area contributed by atoms with E-state index in [4.69, 9.17) is 4.98 Å². The molecule has 2 aromatic carbocycles. The molecule has 6 rings (SSSR count). The van der Waals surface area contributed by atoms with Crippen LogP contribution in [0.1, 0.15) is 32.9 Å². The Kier molecular flexibility index (Phi) is 8.03. The molecule has 0 aliphatic carbocycles. The third kappa shape index (κ3) is 4.90. The summed E-state index contributed by atoms with van der Waals surface area (Å²) in [4.78, 5) is 26.4. The van der Waals surface area contributed by atoms with Crippen LogP contribution in [0.3, 0.4) is 0 Å². The van der Waals surface area contributed by atoms with Gasteiger partial charge < -0.3 is 9.80 Å². The van der Waals surface area contributed by atoms with Crippen LogP contribution in [0.15, 0.2) is 48.8 Å². The molecule has 2 aromatic heterocycles. The lowest BCUT2D eigenvalue weighted by Gasteiger charge is -2.43. The van der Waals surface area contributed by atoms with Crippen molar-refractivity contribution in [1.82, 2.24) is 24.6 Å². The Bertz CT molecular complexity index is 1590. The summed E-state index contributed by atoms with van der Waals surface area (Å²) in [5.74, 6) is 1.63. The van der Waals surface area contributed by atoms with Gasteiger partial charge in [-0.1, -0.05) is 38.1 Å². The van der Waals surface area contributed by atoms with Crippen LogP contribution in [-0.4, -0.2) is 67.2 Å². The maximum atomic E-state index is 15.1. The summed E-state index contributed by atoms with van der Waals surface area (Å²) in [7, 11) is 1.72. The molecule has 0 N–H and O–H groups in total. The van der Waals surface area contributed by atoms with Gasteiger partial charge in [0.1, 0.15) is 29.7 Å². The van der Waals surface area contributed by atoms with Crippen molar-refractivity contribution in [2.24, 2.45) is 7.05 Å². The fraction of sp³-hybridized carbons (Fsp3) is 0.367. The Morgan fingerprint density at radius 1 is 1.10 bits per heavy atom. The number of fused-ring (bicyclic) bond motifs is 1. The fourth-order valence-electron chi connectivity index (χ4n) is 5.30. The standard InChI is InChI=1S/C28H26FN7OS.C2H6/c1-17-15-35(10-11-36(17)28(37)24-9-12-38-24)27-25-20(19-5-3-4-6-22(19)29)7-8-21(26(25)31-16-32-27)23-13-18(14-30)34(2)33-23;1-2/h3-8,13,16-17,24H,9-12,15H2,1-2H3;1-2H3. The second-order valence-electron chi connectivity index (χ2n) is 9.69. The van der Waals surface area contributed by atoms with Gasteiger partial charge in [-0.15, -0.1) is 11.8 Å². The van der Waals surface area contributed by atoms with Crippen molar-refractivity contribution in [3.63, 3.8) is 0 Å². The lowest BCUT2D eigenvalue weighted by atomic mass is 9.96. The van der Waals surface area contributed by atoms with E-state index in [1.165, 1.54) is 17.1 Å². The van der Waals surface area contributed by atoms with Gasteiger partial charge in [-0.3, -0.25) is 9.48 Å². The molecule has 0 radical (unpaired) electrons. The predicted octanol–water partition coefficient (Wildman–Crippen LogP) is 5.28. The minimum Gasteiger partial charge on any atom is -0.352 e. The second kappa shape index (κ2) is 11.6. The van der Waals surface area contributed by atoms with E-state index < -0.39 is 0 Å². The molecule has 8 nitrogen and oxygen atoms in total. The molecule has 206 valence electrons. The van der Waals surface area contributed by atoms with Crippen LogP contribution in [0.4, 0.5) is 10.2 Å². The second-order valence-corrected chi connectivity index (χ2v) is 11.0. The normalized spacial score (nSPS) is 18.5. The number of hydrogen-bond acceptors (Lipinski definition) is 7. The van der Waals surface area contributed by atoms with Crippen LogP contribution in [0, 0.1) is 17.1 Å². The summed E-state index contributed by atoms with van der Waals surface area (Å²) in [6, 6.07) is 14.3. The molecule has 2 aliphatic heterocycles. The van der Waals surface area contributed by atoms with E-state index in [0.717, 1.165) is 23.1 Å². The van der Waals surface area contributed by atoms with E-state index in [1.54, 1.807) is 37.0 Å². The Morgan fingerprint density at radius 2 is 1.85 bits per heavy atom. The minimum absolute atomic E-state index is 0.0107. The predicted molar refractivity (Wildman–Crippen MR) is 157 cm³/mol. The van der Waals surface area contributed by atoms with Crippen molar-refractivity contribution >= 4 is 34.4 Å². The van der Waals surface area contributed by atoms with Crippen molar-refractivity contribution in [2.75, 3.05) is 30.3 Å². The number of benzene rings is 2. The highest BCUT2D eigenvalue weighted by molar-refractivity contribution is 8.01. The number of halogens is 1. The number of carbonyl (C=O) groups is 1. The first kappa shape index (κ1) is 27.6. The summed E-state index contributed by atoms with van der Waals surface area (Å²) in [5, 5.41) is 14.8. The summed E-state index contributed by atoms with van der Waals surface area (Å²) in [5.41, 5.74) is 3.56. The van der Waals surface area contributed by atoms with E-state index >= 15 is 4.39 Å². The first-order chi connectivity index (χ1) is 19.5. The van der Waals surface area contributed by atoms with Crippen LogP contribution in [0.5, 0.6) is 0 Å². The van der Waals surface area contributed by atoms with E-state index in [0.29, 0.717) is 53.5 Å². The van der Waals surface area contributed by atoms with Gasteiger partial charge in [-0.25, -0.2) is 14.4 Å². The van der Waals surface area contributed by atoms with Gasteiger partial charge in [-0.05, 0) is 36.8 Å². The monoisotopic (exact) mass is 557 g/mol. The summed E-state index contributed by atoms with van der Waals surface area (Å²) in [6.07, 6.45) is 2.47. The first-order valence-corrected chi connectivity index (χ1v) is 14.6. The number of thioether (sulfide) groups is 1. The van der Waals surface area contributed by atoms with E-state index in [2.05, 4.69) is 28.0 Å². The number of anilines is 1. The Morgan fingerprint density at radius 3 is 2.50 bits per heavy atom. The molecule has 2 unspecified atom stereocenters. The number of rotatable bonds is 4. The number of piperazine rings is 1. The zero-order valence-corrected chi connectivity index (χ0v) is 24.0. The number of nitriles is 1. The molecule has 0 bridgehead atoms. The van der Waals surface area contributed by atoms with Gasteiger partial charge in [0.15, 0.2) is 0 Å². The summed E-state index contributed by atoms with van der Waals surface area (Å²) < 4.78 is 16.6. The van der Waals surface area contributed by atoms with Crippen LogP contribution in [0.25, 0.3) is 33.3 Å². The molecule has 2 saturated heterocycles. The molecule has 40 heavy (non-hydrogen) atoms. The number of aryl methyl sites for hydroxylation is 1. The highest BCUT2D eigenvalue weighted by atomic mass is 32.2. The number of carbonyl (C=O) groups excluding carboxylic acids is 1. The molecular weight excluding hydrogens is 525 g/mol. The number of hydrogen-bond donors (Lipinski definition) is 0. The third-order valence-corrected chi connectivity index (χ3v) is 8.70. The molecule has 0 spiro atoms. The zero-order valence-electron chi connectivity index (χ0n) is 23.1. The maximum absolute atomic E-state index is 15.1. The molecule has 0 saturated carbocycles. The smallest absolute Gasteiger partial charge is 0.236 e. The molecule has 10 heteroatoms. The number of aromatic nitrogens is 4. The molecule has 1 amide bonds. The first-order valence-electron chi connectivity index (χ1n) is 13.6. The molecule has 2 aliphatic rings. The quantitative estimate of drug-likeness (QED) is 0.337. The van der Waals surface area contributed by atoms with Crippen LogP contribution in [-0.2, 0) is 11.8 Å². The van der Waals surface area contributed by atoms with Crippen molar-refractivity contribution in [3.8, 4) is 28.5 Å². The van der Waals surface area contributed by atoms with E-state index in [1.807, 2.05) is 36.9 Å².